The van der Waals surface area contributed by atoms with Gasteiger partial charge in [0.05, 0.1) is 6.61 Å². The lowest BCUT2D eigenvalue weighted by Crippen LogP contribution is -2.55. The van der Waals surface area contributed by atoms with Crippen molar-refractivity contribution in [3.63, 3.8) is 0 Å². The molecular weight excluding hydrogens is 487 g/mol. The van der Waals surface area contributed by atoms with Gasteiger partial charge in [-0.3, -0.25) is 9.59 Å². The number of rotatable bonds is 10. The molecule has 0 spiro atoms. The Morgan fingerprint density at radius 2 is 1.77 bits per heavy atom. The Kier molecular flexibility index (Phi) is 10.2. The van der Waals surface area contributed by atoms with Crippen LogP contribution in [0.5, 0.6) is 0 Å². The number of halogens is 2. The maximum absolute atomic E-state index is 13.4. The Morgan fingerprint density at radius 3 is 2.43 bits per heavy atom. The van der Waals surface area contributed by atoms with Crippen LogP contribution in [0.1, 0.15) is 25.0 Å². The Labute approximate surface area is 217 Å². The predicted octanol–water partition coefficient (Wildman–Crippen LogP) is 3.51. The van der Waals surface area contributed by atoms with Gasteiger partial charge in [-0.1, -0.05) is 47.5 Å². The van der Waals surface area contributed by atoms with E-state index in [9.17, 15) is 9.59 Å². The van der Waals surface area contributed by atoms with Gasteiger partial charge in [-0.2, -0.15) is 0 Å². The summed E-state index contributed by atoms with van der Waals surface area (Å²) in [5, 5.41) is 7.31. The fraction of sp³-hybridized carbons (Fsp3) is 0.462. The van der Waals surface area contributed by atoms with E-state index in [-0.39, 0.29) is 17.9 Å². The third kappa shape index (κ3) is 7.84. The molecule has 1 aliphatic rings. The van der Waals surface area contributed by atoms with Crippen molar-refractivity contribution in [1.82, 2.24) is 15.5 Å². The molecule has 1 saturated heterocycles. The zero-order valence-corrected chi connectivity index (χ0v) is 22.0. The molecule has 7 nitrogen and oxygen atoms in total. The fourth-order valence-corrected chi connectivity index (χ4v) is 4.79. The van der Waals surface area contributed by atoms with Crippen LogP contribution in [0.25, 0.3) is 0 Å². The number of anilines is 1. The van der Waals surface area contributed by atoms with Crippen molar-refractivity contribution >= 4 is 40.7 Å². The third-order valence-corrected chi connectivity index (χ3v) is 6.68. The largest absolute Gasteiger partial charge is 0.383 e. The minimum absolute atomic E-state index is 0.103. The quantitative estimate of drug-likeness (QED) is 0.501. The fourth-order valence-electron chi connectivity index (χ4n) is 4.30. The molecule has 1 fully saturated rings. The van der Waals surface area contributed by atoms with Crippen LogP contribution in [0.15, 0.2) is 42.5 Å². The summed E-state index contributed by atoms with van der Waals surface area (Å²) in [4.78, 5) is 29.3. The molecule has 35 heavy (non-hydrogen) atoms. The van der Waals surface area contributed by atoms with Crippen LogP contribution < -0.4 is 15.5 Å². The number of nitrogens with zero attached hydrogens (tertiary/aromatic N) is 2. The molecule has 1 aliphatic heterocycles. The van der Waals surface area contributed by atoms with Crippen molar-refractivity contribution in [2.24, 2.45) is 0 Å². The Morgan fingerprint density at radius 1 is 1.06 bits per heavy atom. The molecule has 2 aromatic rings. The first-order chi connectivity index (χ1) is 16.8. The average molecular weight is 521 g/mol. The molecule has 0 bridgehead atoms. The molecule has 1 heterocycles. The van der Waals surface area contributed by atoms with E-state index in [1.165, 1.54) is 18.2 Å². The molecule has 190 valence electrons. The van der Waals surface area contributed by atoms with Crippen LogP contribution >= 0.6 is 23.2 Å². The summed E-state index contributed by atoms with van der Waals surface area (Å²) in [5.41, 5.74) is 3.15. The molecule has 2 atom stereocenters. The normalized spacial score (nSPS) is 15.6. The number of ether oxygens (including phenoxy) is 1. The Bertz CT molecular complexity index is 1010. The van der Waals surface area contributed by atoms with E-state index in [4.69, 9.17) is 27.9 Å². The molecule has 0 aromatic heterocycles. The lowest BCUT2D eigenvalue weighted by atomic mass is 10.0. The summed E-state index contributed by atoms with van der Waals surface area (Å²) in [6.45, 7) is 7.48. The van der Waals surface area contributed by atoms with Crippen molar-refractivity contribution in [3.05, 3.63) is 63.6 Å². The SMILES string of the molecule is COCC(C)NCc1ccccc1N1CCN(C(=O)C(Cc2ccc(Cl)cc2Cl)NC(C)=O)CC1. The number of carbonyl (C=O) groups is 2. The van der Waals surface area contributed by atoms with Crippen LogP contribution in [-0.4, -0.2) is 68.7 Å². The highest BCUT2D eigenvalue weighted by atomic mass is 35.5. The van der Waals surface area contributed by atoms with Gasteiger partial charge in [0, 0.05) is 75.0 Å². The van der Waals surface area contributed by atoms with Gasteiger partial charge in [-0.15, -0.1) is 0 Å². The summed E-state index contributed by atoms with van der Waals surface area (Å²) in [7, 11) is 1.70. The van der Waals surface area contributed by atoms with Crippen molar-refractivity contribution in [2.75, 3.05) is 44.8 Å². The zero-order chi connectivity index (χ0) is 25.4. The van der Waals surface area contributed by atoms with Crippen LogP contribution in [0.2, 0.25) is 10.0 Å². The molecule has 2 amide bonds. The van der Waals surface area contributed by atoms with E-state index in [0.29, 0.717) is 49.3 Å². The standard InChI is InChI=1S/C26H34Cl2N4O3/c1-18(17-35-3)29-16-21-6-4-5-7-25(21)31-10-12-32(13-11-31)26(34)24(30-19(2)33)14-20-8-9-22(27)15-23(20)28/h4-9,15,18,24,29H,10-14,16-17H2,1-3H3,(H,30,33). The van der Waals surface area contributed by atoms with Gasteiger partial charge < -0.3 is 25.2 Å². The number of nitrogens with one attached hydrogen (secondary N) is 2. The second-order valence-electron chi connectivity index (χ2n) is 8.87. The summed E-state index contributed by atoms with van der Waals surface area (Å²) >= 11 is 12.3. The summed E-state index contributed by atoms with van der Waals surface area (Å²) in [6, 6.07) is 13.1. The smallest absolute Gasteiger partial charge is 0.245 e. The van der Waals surface area contributed by atoms with Crippen molar-refractivity contribution in [1.29, 1.82) is 0 Å². The van der Waals surface area contributed by atoms with Gasteiger partial charge in [0.15, 0.2) is 0 Å². The predicted molar refractivity (Wildman–Crippen MR) is 141 cm³/mol. The topological polar surface area (TPSA) is 73.9 Å². The van der Waals surface area contributed by atoms with Crippen LogP contribution in [0.3, 0.4) is 0 Å². The number of methoxy groups -OCH3 is 1. The number of amides is 2. The molecule has 2 aromatic carbocycles. The number of para-hydroxylation sites is 1. The Balaban J connectivity index is 1.64. The van der Waals surface area contributed by atoms with Crippen LogP contribution in [-0.2, 0) is 27.3 Å². The monoisotopic (exact) mass is 520 g/mol. The van der Waals surface area contributed by atoms with Crippen LogP contribution in [0, 0.1) is 0 Å². The maximum atomic E-state index is 13.4. The van der Waals surface area contributed by atoms with E-state index in [2.05, 4.69) is 34.6 Å². The lowest BCUT2D eigenvalue weighted by Gasteiger charge is -2.38. The maximum Gasteiger partial charge on any atom is 0.245 e. The highest BCUT2D eigenvalue weighted by Crippen LogP contribution is 2.24. The second kappa shape index (κ2) is 13.1. The van der Waals surface area contributed by atoms with Gasteiger partial charge in [0.2, 0.25) is 11.8 Å². The molecule has 2 unspecified atom stereocenters. The highest BCUT2D eigenvalue weighted by Gasteiger charge is 2.29. The van der Waals surface area contributed by atoms with Gasteiger partial charge >= 0.3 is 0 Å². The molecule has 9 heteroatoms. The molecule has 0 radical (unpaired) electrons. The third-order valence-electron chi connectivity index (χ3n) is 6.10. The van der Waals surface area contributed by atoms with Gasteiger partial charge in [0.1, 0.15) is 6.04 Å². The molecular formula is C26H34Cl2N4O3. The van der Waals surface area contributed by atoms with E-state index in [0.717, 1.165) is 12.1 Å². The van der Waals surface area contributed by atoms with E-state index >= 15 is 0 Å². The Hall–Kier alpha value is -2.32. The van der Waals surface area contributed by atoms with E-state index in [1.807, 2.05) is 17.0 Å². The first-order valence-corrected chi connectivity index (χ1v) is 12.6. The first kappa shape index (κ1) is 27.3. The molecule has 2 N–H and O–H groups in total. The summed E-state index contributed by atoms with van der Waals surface area (Å²) < 4.78 is 5.22. The molecule has 0 saturated carbocycles. The lowest BCUT2D eigenvalue weighted by molar-refractivity contribution is -0.136. The number of piperazine rings is 1. The minimum Gasteiger partial charge on any atom is -0.383 e. The molecule has 3 rings (SSSR count). The average Bonchev–Trinajstić information content (AvgIpc) is 2.84. The van der Waals surface area contributed by atoms with E-state index < -0.39 is 6.04 Å². The minimum atomic E-state index is -0.684. The van der Waals surface area contributed by atoms with Crippen molar-refractivity contribution in [3.8, 4) is 0 Å². The summed E-state index contributed by atoms with van der Waals surface area (Å²) in [5.74, 6) is -0.356. The number of carbonyl (C=O) groups excluding carboxylic acids is 2. The van der Waals surface area contributed by atoms with Crippen LogP contribution in [0.4, 0.5) is 5.69 Å². The van der Waals surface area contributed by atoms with E-state index in [1.54, 1.807) is 25.3 Å². The second-order valence-corrected chi connectivity index (χ2v) is 9.71. The zero-order valence-electron chi connectivity index (χ0n) is 20.5. The highest BCUT2D eigenvalue weighted by molar-refractivity contribution is 6.35. The number of hydrogen-bond donors (Lipinski definition) is 2. The van der Waals surface area contributed by atoms with Gasteiger partial charge in [0.25, 0.3) is 0 Å². The van der Waals surface area contributed by atoms with Crippen molar-refractivity contribution < 1.29 is 14.3 Å². The number of hydrogen-bond acceptors (Lipinski definition) is 5. The number of benzene rings is 2. The van der Waals surface area contributed by atoms with Crippen molar-refractivity contribution in [2.45, 2.75) is 38.9 Å². The van der Waals surface area contributed by atoms with Gasteiger partial charge in [-0.05, 0) is 36.2 Å². The first-order valence-electron chi connectivity index (χ1n) is 11.8. The van der Waals surface area contributed by atoms with Gasteiger partial charge in [-0.25, -0.2) is 0 Å². The summed E-state index contributed by atoms with van der Waals surface area (Å²) in [6.07, 6.45) is 0.308. The molecule has 0 aliphatic carbocycles.